The summed E-state index contributed by atoms with van der Waals surface area (Å²) in [6.45, 7) is 0.708. The van der Waals surface area contributed by atoms with Crippen molar-refractivity contribution in [3.05, 3.63) is 48.3 Å². The van der Waals surface area contributed by atoms with Crippen LogP contribution in [0.1, 0.15) is 31.2 Å². The number of fused-ring (bicyclic) bond motifs is 2. The number of aliphatic hydroxyl groups excluding tert-OH is 1. The summed E-state index contributed by atoms with van der Waals surface area (Å²) < 4.78 is 3.21. The minimum absolute atomic E-state index is 0.0995. The van der Waals surface area contributed by atoms with E-state index < -0.39 is 0 Å². The van der Waals surface area contributed by atoms with Gasteiger partial charge in [-0.25, -0.2) is 9.97 Å². The second-order valence-electron chi connectivity index (χ2n) is 7.47. The Labute approximate surface area is 166 Å². The highest BCUT2D eigenvalue weighted by atomic mass is 32.1. The number of hydrogen-bond donors (Lipinski definition) is 3. The number of nitrogens with one attached hydrogen (secondary N) is 1. The van der Waals surface area contributed by atoms with Crippen LogP contribution >= 0.6 is 11.3 Å². The molecule has 2 atom stereocenters. The summed E-state index contributed by atoms with van der Waals surface area (Å²) in [5.74, 6) is 0.229. The van der Waals surface area contributed by atoms with E-state index in [2.05, 4.69) is 38.1 Å². The lowest BCUT2D eigenvalue weighted by Gasteiger charge is -2.27. The largest absolute Gasteiger partial charge is 0.508 e. The van der Waals surface area contributed by atoms with E-state index in [9.17, 15) is 10.2 Å². The molecule has 6 nitrogen and oxygen atoms in total. The van der Waals surface area contributed by atoms with Crippen LogP contribution in [0.5, 0.6) is 5.75 Å². The minimum atomic E-state index is -0.287. The standard InChI is InChI=1S/C21H22N4O2S/c26-14-6-8-18-17(10-14)22-12-25(18)11-13-5-7-16-20(9-13)28-21(24-16)23-15-3-1-2-4-19(15)27/h5-10,12,15,19,26-27H,1-4,11H2,(H,23,24)/t15-,19-/m1/s1. The number of aromatic hydroxyl groups is 1. The second kappa shape index (κ2) is 7.07. The molecule has 0 spiro atoms. The van der Waals surface area contributed by atoms with Crippen molar-refractivity contribution < 1.29 is 10.2 Å². The van der Waals surface area contributed by atoms with Gasteiger partial charge in [-0.1, -0.05) is 30.2 Å². The lowest BCUT2D eigenvalue weighted by Crippen LogP contribution is -2.36. The SMILES string of the molecule is Oc1ccc2c(c1)ncn2Cc1ccc2nc(N[C@@H]3CCCC[C@H]3O)sc2c1. The molecule has 0 unspecified atom stereocenters. The highest BCUT2D eigenvalue weighted by molar-refractivity contribution is 7.22. The number of rotatable bonds is 4. The van der Waals surface area contributed by atoms with Crippen LogP contribution in [0.15, 0.2) is 42.7 Å². The Morgan fingerprint density at radius 1 is 1.11 bits per heavy atom. The van der Waals surface area contributed by atoms with E-state index in [1.54, 1.807) is 29.8 Å². The Bertz CT molecular complexity index is 1140. The second-order valence-corrected chi connectivity index (χ2v) is 8.50. The fraction of sp³-hybridized carbons (Fsp3) is 0.333. The van der Waals surface area contributed by atoms with Crippen molar-refractivity contribution in [1.82, 2.24) is 14.5 Å². The topological polar surface area (TPSA) is 83.2 Å². The molecular weight excluding hydrogens is 372 g/mol. The molecule has 1 aliphatic carbocycles. The number of imidazole rings is 1. The van der Waals surface area contributed by atoms with E-state index in [1.807, 2.05) is 6.07 Å². The quantitative estimate of drug-likeness (QED) is 0.485. The van der Waals surface area contributed by atoms with Crippen LogP contribution in [0.2, 0.25) is 0 Å². The van der Waals surface area contributed by atoms with Crippen molar-refractivity contribution in [3.8, 4) is 5.75 Å². The maximum Gasteiger partial charge on any atom is 0.184 e. The van der Waals surface area contributed by atoms with Gasteiger partial charge in [-0.3, -0.25) is 0 Å². The van der Waals surface area contributed by atoms with Crippen molar-refractivity contribution in [1.29, 1.82) is 0 Å². The molecule has 4 aromatic rings. The molecule has 1 saturated carbocycles. The molecule has 2 heterocycles. The maximum atomic E-state index is 10.2. The van der Waals surface area contributed by atoms with Crippen LogP contribution in [-0.4, -0.2) is 36.9 Å². The molecule has 28 heavy (non-hydrogen) atoms. The molecule has 144 valence electrons. The van der Waals surface area contributed by atoms with Gasteiger partial charge in [0, 0.05) is 12.6 Å². The molecule has 0 bridgehead atoms. The third-order valence-electron chi connectivity index (χ3n) is 5.45. The smallest absolute Gasteiger partial charge is 0.184 e. The third kappa shape index (κ3) is 3.31. The highest BCUT2D eigenvalue weighted by Crippen LogP contribution is 2.30. The fourth-order valence-corrected chi connectivity index (χ4v) is 4.93. The van der Waals surface area contributed by atoms with Crippen LogP contribution in [0, 0.1) is 0 Å². The Kier molecular flexibility index (Phi) is 4.41. The summed E-state index contributed by atoms with van der Waals surface area (Å²) in [6, 6.07) is 11.7. The van der Waals surface area contributed by atoms with Gasteiger partial charge >= 0.3 is 0 Å². The first-order chi connectivity index (χ1) is 13.7. The van der Waals surface area contributed by atoms with E-state index in [0.717, 1.165) is 52.1 Å². The van der Waals surface area contributed by atoms with Gasteiger partial charge in [-0.15, -0.1) is 0 Å². The summed E-state index contributed by atoms with van der Waals surface area (Å²) in [5, 5.41) is 24.1. The molecular formula is C21H22N4O2S. The molecule has 1 fully saturated rings. The van der Waals surface area contributed by atoms with Crippen molar-refractivity contribution in [2.45, 2.75) is 44.4 Å². The normalized spacial score (nSPS) is 20.0. The zero-order valence-electron chi connectivity index (χ0n) is 15.4. The predicted octanol–water partition coefficient (Wildman–Crippen LogP) is 4.12. The van der Waals surface area contributed by atoms with Gasteiger partial charge in [0.1, 0.15) is 5.75 Å². The molecule has 2 aromatic carbocycles. The van der Waals surface area contributed by atoms with Gasteiger partial charge < -0.3 is 20.1 Å². The van der Waals surface area contributed by atoms with E-state index >= 15 is 0 Å². The Hall–Kier alpha value is -2.64. The number of nitrogens with zero attached hydrogens (tertiary/aromatic N) is 3. The predicted molar refractivity (Wildman–Crippen MR) is 112 cm³/mol. The molecule has 1 aliphatic rings. The zero-order valence-corrected chi connectivity index (χ0v) is 16.2. The highest BCUT2D eigenvalue weighted by Gasteiger charge is 2.23. The van der Waals surface area contributed by atoms with Crippen LogP contribution in [0.4, 0.5) is 5.13 Å². The summed E-state index contributed by atoms with van der Waals surface area (Å²) >= 11 is 1.63. The average molecular weight is 395 g/mol. The van der Waals surface area contributed by atoms with Gasteiger partial charge in [0.2, 0.25) is 0 Å². The fourth-order valence-electron chi connectivity index (χ4n) is 3.94. The summed E-state index contributed by atoms with van der Waals surface area (Å²) in [4.78, 5) is 9.06. The number of thiazole rings is 1. The van der Waals surface area contributed by atoms with Crippen LogP contribution in [-0.2, 0) is 6.54 Å². The molecule has 0 radical (unpaired) electrons. The lowest BCUT2D eigenvalue weighted by molar-refractivity contribution is 0.116. The Balaban J connectivity index is 1.38. The number of anilines is 1. The number of aromatic nitrogens is 3. The summed E-state index contributed by atoms with van der Waals surface area (Å²) in [6.07, 6.45) is 5.63. The van der Waals surface area contributed by atoms with E-state index in [0.29, 0.717) is 6.54 Å². The van der Waals surface area contributed by atoms with Crippen molar-refractivity contribution in [2.75, 3.05) is 5.32 Å². The zero-order chi connectivity index (χ0) is 19.1. The van der Waals surface area contributed by atoms with Gasteiger partial charge in [-0.2, -0.15) is 0 Å². The maximum absolute atomic E-state index is 10.2. The molecule has 0 saturated heterocycles. The van der Waals surface area contributed by atoms with Crippen LogP contribution < -0.4 is 5.32 Å². The third-order valence-corrected chi connectivity index (χ3v) is 6.40. The molecule has 0 amide bonds. The number of benzene rings is 2. The number of phenols is 1. The first kappa shape index (κ1) is 17.5. The number of aliphatic hydroxyl groups is 1. The van der Waals surface area contributed by atoms with Crippen LogP contribution in [0.3, 0.4) is 0 Å². The van der Waals surface area contributed by atoms with Gasteiger partial charge in [0.15, 0.2) is 5.13 Å². The first-order valence-corrected chi connectivity index (χ1v) is 10.5. The summed E-state index contributed by atoms with van der Waals surface area (Å²) in [7, 11) is 0. The number of phenolic OH excluding ortho intramolecular Hbond substituents is 1. The molecule has 7 heteroatoms. The van der Waals surface area contributed by atoms with Gasteiger partial charge in [0.05, 0.1) is 39.7 Å². The van der Waals surface area contributed by atoms with Gasteiger partial charge in [0.25, 0.3) is 0 Å². The minimum Gasteiger partial charge on any atom is -0.508 e. The van der Waals surface area contributed by atoms with Crippen LogP contribution in [0.25, 0.3) is 21.3 Å². The average Bonchev–Trinajstić information content (AvgIpc) is 3.26. The van der Waals surface area contributed by atoms with E-state index in [-0.39, 0.29) is 17.9 Å². The molecule has 2 aromatic heterocycles. The van der Waals surface area contributed by atoms with E-state index in [1.165, 1.54) is 5.56 Å². The van der Waals surface area contributed by atoms with E-state index in [4.69, 9.17) is 0 Å². The lowest BCUT2D eigenvalue weighted by atomic mass is 9.93. The van der Waals surface area contributed by atoms with Crippen molar-refractivity contribution >= 4 is 37.7 Å². The van der Waals surface area contributed by atoms with Gasteiger partial charge in [-0.05, 0) is 42.7 Å². The van der Waals surface area contributed by atoms with Crippen molar-refractivity contribution in [2.24, 2.45) is 0 Å². The van der Waals surface area contributed by atoms with Crippen molar-refractivity contribution in [3.63, 3.8) is 0 Å². The Morgan fingerprint density at radius 2 is 2.00 bits per heavy atom. The first-order valence-electron chi connectivity index (χ1n) is 9.64. The molecule has 3 N–H and O–H groups in total. The monoisotopic (exact) mass is 394 g/mol. The molecule has 0 aliphatic heterocycles. The summed E-state index contributed by atoms with van der Waals surface area (Å²) in [5.41, 5.74) is 3.93. The Morgan fingerprint density at radius 3 is 2.89 bits per heavy atom. The number of hydrogen-bond acceptors (Lipinski definition) is 6. The molecule has 5 rings (SSSR count).